The van der Waals surface area contributed by atoms with Gasteiger partial charge in [-0.25, -0.2) is 9.69 Å². The topological polar surface area (TPSA) is 49.9 Å². The Morgan fingerprint density at radius 1 is 0.926 bits per heavy atom. The molecule has 1 aliphatic carbocycles. The SMILES string of the molecule is O=C1OC(=Cc2cc3c4c(c2)CCCN4CCC3)C(=O)N1C1CCCCC1. The van der Waals surface area contributed by atoms with Crippen molar-refractivity contribution in [1.82, 2.24) is 4.90 Å². The molecule has 5 rings (SSSR count). The molecule has 0 unspecified atom stereocenters. The van der Waals surface area contributed by atoms with Crippen molar-refractivity contribution in [3.8, 4) is 0 Å². The summed E-state index contributed by atoms with van der Waals surface area (Å²) in [6.07, 6.45) is 10.9. The number of ether oxygens (including phenoxy) is 1. The van der Waals surface area contributed by atoms with E-state index in [1.54, 1.807) is 6.08 Å². The second-order valence-electron chi connectivity index (χ2n) is 8.23. The van der Waals surface area contributed by atoms with Crippen LogP contribution in [0, 0.1) is 0 Å². The lowest BCUT2D eigenvalue weighted by Gasteiger charge is -2.37. The van der Waals surface area contributed by atoms with Crippen LogP contribution in [-0.4, -0.2) is 36.0 Å². The van der Waals surface area contributed by atoms with Crippen molar-refractivity contribution in [2.45, 2.75) is 63.8 Å². The number of hydrogen-bond acceptors (Lipinski definition) is 4. The number of hydrogen-bond donors (Lipinski definition) is 0. The normalized spacial score (nSPS) is 24.4. The Morgan fingerprint density at radius 3 is 2.26 bits per heavy atom. The molecule has 2 fully saturated rings. The van der Waals surface area contributed by atoms with E-state index in [-0.39, 0.29) is 17.7 Å². The maximum absolute atomic E-state index is 12.8. The van der Waals surface area contributed by atoms with E-state index >= 15 is 0 Å². The lowest BCUT2D eigenvalue weighted by atomic mass is 9.90. The third-order valence-corrected chi connectivity index (χ3v) is 6.42. The van der Waals surface area contributed by atoms with Crippen LogP contribution in [0.4, 0.5) is 10.5 Å². The number of rotatable bonds is 2. The Bertz CT molecular complexity index is 792. The van der Waals surface area contributed by atoms with Gasteiger partial charge >= 0.3 is 6.09 Å². The van der Waals surface area contributed by atoms with Crippen LogP contribution >= 0.6 is 0 Å². The van der Waals surface area contributed by atoms with Gasteiger partial charge in [-0.05, 0) is 73.4 Å². The molecule has 1 aromatic carbocycles. The van der Waals surface area contributed by atoms with Crippen molar-refractivity contribution in [3.63, 3.8) is 0 Å². The summed E-state index contributed by atoms with van der Waals surface area (Å²) in [5.41, 5.74) is 5.12. The number of imide groups is 1. The van der Waals surface area contributed by atoms with E-state index in [2.05, 4.69) is 17.0 Å². The quantitative estimate of drug-likeness (QED) is 0.741. The van der Waals surface area contributed by atoms with Crippen molar-refractivity contribution >= 4 is 23.8 Å². The number of carbonyl (C=O) groups excluding carboxylic acids is 2. The smallest absolute Gasteiger partial charge is 0.404 e. The third kappa shape index (κ3) is 2.93. The van der Waals surface area contributed by atoms with E-state index in [1.807, 2.05) is 0 Å². The highest BCUT2D eigenvalue weighted by Gasteiger charge is 2.41. The van der Waals surface area contributed by atoms with Crippen molar-refractivity contribution in [2.24, 2.45) is 0 Å². The highest BCUT2D eigenvalue weighted by molar-refractivity contribution is 6.10. The fraction of sp³-hybridized carbons (Fsp3) is 0.545. The van der Waals surface area contributed by atoms with Crippen molar-refractivity contribution in [3.05, 3.63) is 34.6 Å². The van der Waals surface area contributed by atoms with E-state index in [4.69, 9.17) is 4.74 Å². The minimum Gasteiger partial charge on any atom is -0.404 e. The van der Waals surface area contributed by atoms with Gasteiger partial charge in [0.2, 0.25) is 0 Å². The molecule has 1 aromatic rings. The number of anilines is 1. The first-order chi connectivity index (χ1) is 13.2. The Kier molecular flexibility index (Phi) is 4.18. The number of cyclic esters (lactones) is 1. The van der Waals surface area contributed by atoms with Crippen LogP contribution < -0.4 is 4.90 Å². The molecule has 0 radical (unpaired) electrons. The van der Waals surface area contributed by atoms with Gasteiger partial charge in [0.1, 0.15) is 0 Å². The Balaban J connectivity index is 1.45. The van der Waals surface area contributed by atoms with Crippen molar-refractivity contribution in [2.75, 3.05) is 18.0 Å². The van der Waals surface area contributed by atoms with Gasteiger partial charge in [-0.1, -0.05) is 19.3 Å². The van der Waals surface area contributed by atoms with E-state index in [0.717, 1.165) is 57.2 Å². The molecule has 1 saturated carbocycles. The minimum absolute atomic E-state index is 0.00268. The number of aryl methyl sites for hydroxylation is 2. The summed E-state index contributed by atoms with van der Waals surface area (Å²) in [5.74, 6) is -0.0823. The van der Waals surface area contributed by atoms with Crippen molar-refractivity contribution < 1.29 is 14.3 Å². The fourth-order valence-electron chi connectivity index (χ4n) is 5.20. The predicted octanol–water partition coefficient (Wildman–Crippen LogP) is 4.04. The molecule has 5 heteroatoms. The largest absolute Gasteiger partial charge is 0.422 e. The van der Waals surface area contributed by atoms with E-state index in [1.165, 1.54) is 41.0 Å². The average molecular weight is 366 g/mol. The monoisotopic (exact) mass is 366 g/mol. The first-order valence-electron chi connectivity index (χ1n) is 10.4. The summed E-state index contributed by atoms with van der Waals surface area (Å²) in [6.45, 7) is 2.29. The molecule has 4 aliphatic rings. The van der Waals surface area contributed by atoms with Crippen LogP contribution in [-0.2, 0) is 22.4 Å². The van der Waals surface area contributed by atoms with Gasteiger partial charge in [-0.15, -0.1) is 0 Å². The van der Waals surface area contributed by atoms with Gasteiger partial charge in [0.15, 0.2) is 5.76 Å². The molecule has 0 aromatic heterocycles. The number of nitrogens with zero attached hydrogens (tertiary/aromatic N) is 2. The van der Waals surface area contributed by atoms with Crippen LogP contribution in [0.3, 0.4) is 0 Å². The molecular formula is C22H26N2O3. The molecule has 0 bridgehead atoms. The maximum Gasteiger partial charge on any atom is 0.422 e. The van der Waals surface area contributed by atoms with Gasteiger partial charge in [0.05, 0.1) is 0 Å². The van der Waals surface area contributed by atoms with Crippen LogP contribution in [0.15, 0.2) is 17.9 Å². The molecule has 2 amide bonds. The van der Waals surface area contributed by atoms with Gasteiger partial charge in [-0.3, -0.25) is 4.79 Å². The Morgan fingerprint density at radius 2 is 1.59 bits per heavy atom. The zero-order chi connectivity index (χ0) is 18.4. The van der Waals surface area contributed by atoms with E-state index in [9.17, 15) is 9.59 Å². The van der Waals surface area contributed by atoms with Crippen molar-refractivity contribution in [1.29, 1.82) is 0 Å². The second-order valence-corrected chi connectivity index (χ2v) is 8.23. The van der Waals surface area contributed by atoms with Gasteiger partial charge < -0.3 is 9.64 Å². The standard InChI is InChI=1S/C22H26N2O3/c25-21-19(27-22(26)24(21)18-8-2-1-3-9-18)14-15-12-16-6-4-10-23-11-5-7-17(13-15)20(16)23/h12-14,18H,1-11H2. The summed E-state index contributed by atoms with van der Waals surface area (Å²) in [5, 5.41) is 0. The zero-order valence-electron chi connectivity index (χ0n) is 15.7. The van der Waals surface area contributed by atoms with Gasteiger partial charge in [0.25, 0.3) is 5.91 Å². The third-order valence-electron chi connectivity index (χ3n) is 6.42. The molecule has 0 N–H and O–H groups in total. The van der Waals surface area contributed by atoms with Crippen LogP contribution in [0.5, 0.6) is 0 Å². The minimum atomic E-state index is -0.497. The second kappa shape index (κ2) is 6.70. The molecule has 0 atom stereocenters. The molecule has 0 spiro atoms. The lowest BCUT2D eigenvalue weighted by Crippen LogP contribution is -2.40. The van der Waals surface area contributed by atoms with Crippen LogP contribution in [0.25, 0.3) is 6.08 Å². The summed E-state index contributed by atoms with van der Waals surface area (Å²) in [6, 6.07) is 4.35. The molecular weight excluding hydrogens is 340 g/mol. The van der Waals surface area contributed by atoms with Crippen LogP contribution in [0.2, 0.25) is 0 Å². The highest BCUT2D eigenvalue weighted by atomic mass is 16.6. The van der Waals surface area contributed by atoms with Gasteiger partial charge in [-0.2, -0.15) is 0 Å². The number of amides is 2. The molecule has 142 valence electrons. The Hall–Kier alpha value is -2.30. The molecule has 27 heavy (non-hydrogen) atoms. The van der Waals surface area contributed by atoms with E-state index in [0.29, 0.717) is 0 Å². The zero-order valence-corrected chi connectivity index (χ0v) is 15.7. The summed E-state index contributed by atoms with van der Waals surface area (Å²) >= 11 is 0. The summed E-state index contributed by atoms with van der Waals surface area (Å²) in [7, 11) is 0. The Labute approximate surface area is 160 Å². The number of carbonyl (C=O) groups is 2. The number of benzene rings is 1. The fourth-order valence-corrected chi connectivity index (χ4v) is 5.20. The summed E-state index contributed by atoms with van der Waals surface area (Å²) < 4.78 is 5.38. The predicted molar refractivity (Wildman–Crippen MR) is 103 cm³/mol. The molecule has 5 nitrogen and oxygen atoms in total. The molecule has 3 aliphatic heterocycles. The summed E-state index contributed by atoms with van der Waals surface area (Å²) in [4.78, 5) is 29.0. The van der Waals surface area contributed by atoms with Crippen LogP contribution in [0.1, 0.15) is 61.6 Å². The average Bonchev–Trinajstić information content (AvgIpc) is 2.96. The maximum atomic E-state index is 12.8. The first kappa shape index (κ1) is 16.8. The van der Waals surface area contributed by atoms with E-state index < -0.39 is 6.09 Å². The molecule has 3 heterocycles. The van der Waals surface area contributed by atoms with Gasteiger partial charge in [0, 0.05) is 24.8 Å². The highest BCUT2D eigenvalue weighted by Crippen LogP contribution is 2.37. The lowest BCUT2D eigenvalue weighted by molar-refractivity contribution is -0.125. The molecule has 1 saturated heterocycles. The first-order valence-corrected chi connectivity index (χ1v) is 10.4.